The fraction of sp³-hybridized carbons (Fsp3) is 0.532. The van der Waals surface area contributed by atoms with E-state index in [4.69, 9.17) is 58.0 Å². The number of hydrogen-bond donors (Lipinski definition) is 4. The molecule has 8 rings (SSSR count). The molecule has 1 saturated carbocycles. The summed E-state index contributed by atoms with van der Waals surface area (Å²) in [4.78, 5) is 90.6. The van der Waals surface area contributed by atoms with E-state index in [9.17, 15) is 38.7 Å². The zero-order chi connectivity index (χ0) is 72.8. The highest BCUT2D eigenvalue weighted by Crippen LogP contribution is 2.30. The van der Waals surface area contributed by atoms with Crippen LogP contribution < -0.4 is 16.0 Å². The molecule has 0 aromatic heterocycles. The molecule has 0 bridgehead atoms. The first-order chi connectivity index (χ1) is 46.4. The summed E-state index contributed by atoms with van der Waals surface area (Å²) >= 11 is 29.5. The van der Waals surface area contributed by atoms with Crippen molar-refractivity contribution >= 4 is 98.6 Å². The smallest absolute Gasteiger partial charge is 0.236 e. The molecule has 5 aromatic carbocycles. The van der Waals surface area contributed by atoms with Gasteiger partial charge in [0.05, 0.1) is 48.8 Å². The van der Waals surface area contributed by atoms with Crippen LogP contribution in [-0.2, 0) is 33.6 Å². The number of Topliss-reactive ketones (excluding diaryl/α,β-unsaturated/α-hetero) is 6. The number of nitrogens with one attached hydrogen (secondary N) is 3. The van der Waals surface area contributed by atoms with Gasteiger partial charge in [0.15, 0.2) is 0 Å². The summed E-state index contributed by atoms with van der Waals surface area (Å²) in [5.74, 6) is 0.669. The van der Waals surface area contributed by atoms with Crippen LogP contribution in [0.2, 0.25) is 25.1 Å². The van der Waals surface area contributed by atoms with Gasteiger partial charge >= 0.3 is 0 Å². The van der Waals surface area contributed by atoms with E-state index in [-0.39, 0.29) is 107 Å². The maximum atomic E-state index is 12.5. The Morgan fingerprint density at radius 3 is 0.908 bits per heavy atom. The van der Waals surface area contributed by atoms with Gasteiger partial charge in [-0.2, -0.15) is 0 Å². The van der Waals surface area contributed by atoms with Gasteiger partial charge in [-0.25, -0.2) is 0 Å². The van der Waals surface area contributed by atoms with Crippen LogP contribution in [0.4, 0.5) is 0 Å². The van der Waals surface area contributed by atoms with Gasteiger partial charge in [-0.3, -0.25) is 33.6 Å². The van der Waals surface area contributed by atoms with Gasteiger partial charge in [-0.15, -0.1) is 0 Å². The van der Waals surface area contributed by atoms with E-state index in [0.717, 1.165) is 103 Å². The maximum absolute atomic E-state index is 12.5. The van der Waals surface area contributed by atoms with Crippen molar-refractivity contribution in [3.63, 3.8) is 0 Å². The van der Waals surface area contributed by atoms with E-state index in [1.807, 2.05) is 166 Å². The summed E-state index contributed by atoms with van der Waals surface area (Å²) in [6.07, 6.45) is 6.01. The van der Waals surface area contributed by atoms with Crippen LogP contribution in [0.1, 0.15) is 172 Å². The van der Waals surface area contributed by atoms with Crippen molar-refractivity contribution in [2.45, 2.75) is 156 Å². The zero-order valence-electron chi connectivity index (χ0n) is 60.0. The third-order valence-electron chi connectivity index (χ3n) is 17.9. The summed E-state index contributed by atoms with van der Waals surface area (Å²) in [6.45, 7) is 29.1. The van der Waals surface area contributed by atoms with Crippen LogP contribution in [0.5, 0.6) is 0 Å². The number of amides is 1. The minimum atomic E-state index is -0.266. The van der Waals surface area contributed by atoms with Crippen LogP contribution in [-0.4, -0.2) is 159 Å². The van der Waals surface area contributed by atoms with Crippen LogP contribution in [0.3, 0.4) is 0 Å². The van der Waals surface area contributed by atoms with E-state index in [1.165, 1.54) is 24.7 Å². The number of likely N-dealkylation sites (N-methyl/N-ethyl adjacent to an activating group) is 1. The lowest BCUT2D eigenvalue weighted by Gasteiger charge is -2.34. The number of halogens is 5. The van der Waals surface area contributed by atoms with Crippen molar-refractivity contribution in [2.75, 3.05) is 86.1 Å². The topological polar surface area (TPSA) is 186 Å². The Morgan fingerprint density at radius 2 is 0.663 bits per heavy atom. The van der Waals surface area contributed by atoms with Gasteiger partial charge in [0, 0.05) is 108 Å². The van der Waals surface area contributed by atoms with Crippen LogP contribution in [0.15, 0.2) is 121 Å². The first-order valence-electron chi connectivity index (χ1n) is 34.8. The Morgan fingerprint density at radius 1 is 0.408 bits per heavy atom. The van der Waals surface area contributed by atoms with E-state index < -0.39 is 0 Å². The fourth-order valence-corrected chi connectivity index (χ4v) is 12.1. The highest BCUT2D eigenvalue weighted by Gasteiger charge is 2.31. The monoisotopic (exact) mass is 1440 g/mol. The quantitative estimate of drug-likeness (QED) is 0.0341. The number of ketones is 6. The van der Waals surface area contributed by atoms with Crippen molar-refractivity contribution in [2.24, 2.45) is 29.6 Å². The Bertz CT molecular complexity index is 3140. The summed E-state index contributed by atoms with van der Waals surface area (Å²) in [5, 5.41) is 22.6. The number of carbonyl (C=O) groups is 7. The molecule has 538 valence electrons. The Hall–Kier alpha value is -5.20. The van der Waals surface area contributed by atoms with Crippen LogP contribution in [0.25, 0.3) is 0 Å². The number of carbonyl (C=O) groups excluding carboxylic acids is 7. The molecule has 0 unspecified atom stereocenters. The maximum Gasteiger partial charge on any atom is 0.236 e. The zero-order valence-corrected chi connectivity index (χ0v) is 63.8. The molecule has 3 aliphatic rings. The van der Waals surface area contributed by atoms with Gasteiger partial charge < -0.3 is 35.8 Å². The van der Waals surface area contributed by atoms with Crippen molar-refractivity contribution in [1.82, 2.24) is 30.7 Å². The first-order valence-corrected chi connectivity index (χ1v) is 36.7. The third-order valence-corrected chi connectivity index (χ3v) is 19.1. The number of likely N-dealkylation sites (tertiary alicyclic amines) is 2. The average molecular weight is 1450 g/mol. The first kappa shape index (κ1) is 85.2. The molecule has 2 heterocycles. The Labute approximate surface area is 610 Å². The van der Waals surface area contributed by atoms with Crippen molar-refractivity contribution < 1.29 is 38.7 Å². The SMILES string of the molecule is CC(=O)CNC[C@@H](C(=O)C(C)C)c1ccc(Cl)cc1.CC(C)C(=O)[C@@H](CN1CCC1)c1ccc(Cl)cc1.CC(C)C(=O)[C@H](CN1CCC1)c1ccc(Cl)cc1.CC(C)C(=O)[C@H](CNC1CCC(O)CC1)c1ccc(Cl)cc1.CC(C)C(=O)[C@H](CNCC(=O)N(C)C)c1ccc(Cl)cc1. The molecule has 1 amide bonds. The van der Waals surface area contributed by atoms with Gasteiger partial charge in [0.2, 0.25) is 5.91 Å². The molecule has 0 spiro atoms. The average Bonchev–Trinajstić information content (AvgIpc) is 0.861. The van der Waals surface area contributed by atoms with Gasteiger partial charge in [-0.1, -0.05) is 188 Å². The van der Waals surface area contributed by atoms with Crippen molar-refractivity contribution in [3.05, 3.63) is 174 Å². The highest BCUT2D eigenvalue weighted by molar-refractivity contribution is 6.31. The molecule has 3 fully saturated rings. The molecular formula is C79H109Cl5N6O8. The second-order valence-corrected chi connectivity index (χ2v) is 30.0. The van der Waals surface area contributed by atoms with Crippen LogP contribution >= 0.6 is 58.0 Å². The minimum Gasteiger partial charge on any atom is -0.393 e. The van der Waals surface area contributed by atoms with Gasteiger partial charge in [0.25, 0.3) is 0 Å². The third kappa shape index (κ3) is 30.2. The summed E-state index contributed by atoms with van der Waals surface area (Å²) < 4.78 is 0. The number of aliphatic hydroxyl groups excluding tert-OH is 1. The van der Waals surface area contributed by atoms with E-state index >= 15 is 0 Å². The number of nitrogens with zero attached hydrogens (tertiary/aromatic N) is 3. The lowest BCUT2D eigenvalue weighted by molar-refractivity contribution is -0.128. The van der Waals surface area contributed by atoms with Crippen molar-refractivity contribution in [3.8, 4) is 0 Å². The van der Waals surface area contributed by atoms with E-state index in [0.29, 0.717) is 52.3 Å². The summed E-state index contributed by atoms with van der Waals surface area (Å²) in [6, 6.07) is 37.9. The molecule has 2 aliphatic heterocycles. The Kier molecular flexibility index (Phi) is 38.5. The molecule has 14 nitrogen and oxygen atoms in total. The number of benzene rings is 5. The summed E-state index contributed by atoms with van der Waals surface area (Å²) in [5.41, 5.74) is 5.04. The largest absolute Gasteiger partial charge is 0.393 e. The molecule has 2 saturated heterocycles. The molecule has 5 aromatic rings. The summed E-state index contributed by atoms with van der Waals surface area (Å²) in [7, 11) is 3.42. The van der Waals surface area contributed by atoms with E-state index in [1.54, 1.807) is 38.4 Å². The molecule has 0 radical (unpaired) electrons. The fourth-order valence-electron chi connectivity index (χ4n) is 11.4. The molecule has 4 N–H and O–H groups in total. The second-order valence-electron chi connectivity index (χ2n) is 27.8. The molecule has 98 heavy (non-hydrogen) atoms. The number of rotatable bonds is 30. The molecular weight excluding hydrogens is 1340 g/mol. The number of aliphatic hydroxyl groups is 1. The highest BCUT2D eigenvalue weighted by atomic mass is 35.5. The lowest BCUT2D eigenvalue weighted by atomic mass is 9.87. The molecule has 19 heteroatoms. The predicted molar refractivity (Wildman–Crippen MR) is 404 cm³/mol. The predicted octanol–water partition coefficient (Wildman–Crippen LogP) is 15.4. The van der Waals surface area contributed by atoms with Crippen molar-refractivity contribution in [1.29, 1.82) is 0 Å². The van der Waals surface area contributed by atoms with Gasteiger partial charge in [-0.05, 0) is 160 Å². The normalized spacial score (nSPS) is 16.8. The standard InChI is InChI=1S/C18H26ClNO2.C16H23ClN2O2.C15H20ClNO2.2C15H20ClNO/c1-12(2)18(22)17(13-3-5-14(19)6-4-13)11-20-15-7-9-16(21)10-8-15;1-11(2)16(21)14(9-18-10-15(20)19(3)4)12-5-7-13(17)8-6-12;1-10(2)15(19)14(9-17-8-11(3)18)12-4-6-13(16)7-5-12;2*1-11(2)15(18)14(10-17-8-3-9-17)12-4-6-13(16)7-5-12/h3-6,12,15-17,20-21H,7-11H2,1-2H3;5-8,11,14,18H,9-10H2,1-4H3;4-7,10,14,17H,8-9H2,1-3H3;2*4-7,11,14H,3,8-10H2,1-2H3/t15?,16?,17-;4*14-/m11110/s1. The molecule has 5 atom stereocenters. The number of hydrogen-bond acceptors (Lipinski definition) is 13. The second kappa shape index (κ2) is 44.2. The van der Waals surface area contributed by atoms with Crippen LogP contribution in [0, 0.1) is 29.6 Å². The van der Waals surface area contributed by atoms with Gasteiger partial charge in [0.1, 0.15) is 34.7 Å². The van der Waals surface area contributed by atoms with E-state index in [2.05, 4.69) is 25.8 Å². The Balaban J connectivity index is 0.000000261. The lowest BCUT2D eigenvalue weighted by Crippen LogP contribution is -2.42. The molecule has 1 aliphatic carbocycles. The minimum absolute atomic E-state index is 0.00987.